The van der Waals surface area contributed by atoms with Crippen molar-refractivity contribution in [2.24, 2.45) is 0 Å². The SMILES string of the molecule is COc1cc(CNC(=O)NC2Cc3ccccc3C2)ccn1. The van der Waals surface area contributed by atoms with Crippen LogP contribution in [0.15, 0.2) is 42.6 Å². The highest BCUT2D eigenvalue weighted by atomic mass is 16.5. The van der Waals surface area contributed by atoms with Crippen LogP contribution in [-0.2, 0) is 19.4 Å². The maximum Gasteiger partial charge on any atom is 0.315 e. The molecule has 22 heavy (non-hydrogen) atoms. The van der Waals surface area contributed by atoms with Crippen molar-refractivity contribution in [2.45, 2.75) is 25.4 Å². The second kappa shape index (κ2) is 6.47. The standard InChI is InChI=1S/C17H19N3O2/c1-22-16-8-12(6-7-18-16)11-19-17(21)20-15-9-13-4-2-3-5-14(13)10-15/h2-8,15H,9-11H2,1H3,(H2,19,20,21). The molecule has 0 fully saturated rings. The molecule has 1 aromatic heterocycles. The Labute approximate surface area is 129 Å². The Morgan fingerprint density at radius 3 is 2.68 bits per heavy atom. The van der Waals surface area contributed by atoms with Crippen LogP contribution in [0.2, 0.25) is 0 Å². The van der Waals surface area contributed by atoms with Crippen molar-refractivity contribution in [2.75, 3.05) is 7.11 Å². The molecule has 0 unspecified atom stereocenters. The fourth-order valence-electron chi connectivity index (χ4n) is 2.75. The number of hydrogen-bond donors (Lipinski definition) is 2. The van der Waals surface area contributed by atoms with Crippen molar-refractivity contribution >= 4 is 6.03 Å². The van der Waals surface area contributed by atoms with E-state index in [0.717, 1.165) is 18.4 Å². The van der Waals surface area contributed by atoms with E-state index in [9.17, 15) is 4.79 Å². The Morgan fingerprint density at radius 2 is 2.00 bits per heavy atom. The minimum atomic E-state index is -0.145. The number of urea groups is 1. The molecule has 0 spiro atoms. The Morgan fingerprint density at radius 1 is 1.27 bits per heavy atom. The van der Waals surface area contributed by atoms with Gasteiger partial charge in [-0.3, -0.25) is 0 Å². The fourth-order valence-corrected chi connectivity index (χ4v) is 2.75. The lowest BCUT2D eigenvalue weighted by Gasteiger charge is -2.13. The van der Waals surface area contributed by atoms with E-state index in [2.05, 4.69) is 27.8 Å². The quantitative estimate of drug-likeness (QED) is 0.908. The normalized spacial score (nSPS) is 13.5. The number of carbonyl (C=O) groups excluding carboxylic acids is 1. The summed E-state index contributed by atoms with van der Waals surface area (Å²) in [6, 6.07) is 12.0. The van der Waals surface area contributed by atoms with Gasteiger partial charge in [-0.1, -0.05) is 24.3 Å². The van der Waals surface area contributed by atoms with E-state index in [4.69, 9.17) is 4.74 Å². The zero-order valence-electron chi connectivity index (χ0n) is 12.5. The van der Waals surface area contributed by atoms with Crippen LogP contribution in [0.25, 0.3) is 0 Å². The monoisotopic (exact) mass is 297 g/mol. The van der Waals surface area contributed by atoms with Gasteiger partial charge < -0.3 is 15.4 Å². The van der Waals surface area contributed by atoms with Crippen LogP contribution in [0.4, 0.5) is 4.79 Å². The number of nitrogens with one attached hydrogen (secondary N) is 2. The predicted octanol–water partition coefficient (Wildman–Crippen LogP) is 2.06. The van der Waals surface area contributed by atoms with E-state index >= 15 is 0 Å². The van der Waals surface area contributed by atoms with Gasteiger partial charge in [0.05, 0.1) is 7.11 Å². The minimum absolute atomic E-state index is 0.145. The van der Waals surface area contributed by atoms with Crippen molar-refractivity contribution in [3.8, 4) is 5.88 Å². The smallest absolute Gasteiger partial charge is 0.315 e. The van der Waals surface area contributed by atoms with E-state index < -0.39 is 0 Å². The molecule has 5 heteroatoms. The lowest BCUT2D eigenvalue weighted by Crippen LogP contribution is -2.42. The molecule has 0 aliphatic heterocycles. The van der Waals surface area contributed by atoms with Crippen LogP contribution in [0, 0.1) is 0 Å². The maximum absolute atomic E-state index is 12.0. The number of methoxy groups -OCH3 is 1. The summed E-state index contributed by atoms with van der Waals surface area (Å²) in [5.74, 6) is 0.547. The van der Waals surface area contributed by atoms with Crippen molar-refractivity contribution < 1.29 is 9.53 Å². The average molecular weight is 297 g/mol. The molecule has 2 N–H and O–H groups in total. The van der Waals surface area contributed by atoms with E-state index in [1.165, 1.54) is 11.1 Å². The van der Waals surface area contributed by atoms with Crippen LogP contribution in [0.1, 0.15) is 16.7 Å². The molecular weight excluding hydrogens is 278 g/mol. The maximum atomic E-state index is 12.0. The first kappa shape index (κ1) is 14.4. The van der Waals surface area contributed by atoms with Crippen molar-refractivity contribution in [3.05, 3.63) is 59.3 Å². The zero-order chi connectivity index (χ0) is 15.4. The first-order valence-electron chi connectivity index (χ1n) is 7.34. The third-order valence-electron chi connectivity index (χ3n) is 3.85. The highest BCUT2D eigenvalue weighted by molar-refractivity contribution is 5.74. The second-order valence-electron chi connectivity index (χ2n) is 5.41. The third-order valence-corrected chi connectivity index (χ3v) is 3.85. The summed E-state index contributed by atoms with van der Waals surface area (Å²) in [5, 5.41) is 5.90. The van der Waals surface area contributed by atoms with Crippen LogP contribution in [-0.4, -0.2) is 24.2 Å². The van der Waals surface area contributed by atoms with E-state index in [1.807, 2.05) is 24.3 Å². The van der Waals surface area contributed by atoms with Gasteiger partial charge in [0, 0.05) is 24.8 Å². The molecule has 1 aliphatic rings. The van der Waals surface area contributed by atoms with E-state index in [0.29, 0.717) is 12.4 Å². The summed E-state index contributed by atoms with van der Waals surface area (Å²) in [7, 11) is 1.57. The molecule has 0 radical (unpaired) electrons. The highest BCUT2D eigenvalue weighted by Crippen LogP contribution is 2.21. The molecule has 0 atom stereocenters. The molecule has 0 saturated heterocycles. The molecule has 1 aliphatic carbocycles. The number of fused-ring (bicyclic) bond motifs is 1. The first-order valence-corrected chi connectivity index (χ1v) is 7.34. The number of nitrogens with zero attached hydrogens (tertiary/aromatic N) is 1. The van der Waals surface area contributed by atoms with E-state index in [1.54, 1.807) is 13.3 Å². The Hall–Kier alpha value is -2.56. The minimum Gasteiger partial charge on any atom is -0.481 e. The third kappa shape index (κ3) is 3.36. The molecule has 0 saturated carbocycles. The van der Waals surface area contributed by atoms with Crippen LogP contribution in [0.5, 0.6) is 5.88 Å². The number of benzene rings is 1. The molecular formula is C17H19N3O2. The van der Waals surface area contributed by atoms with Crippen LogP contribution in [0.3, 0.4) is 0 Å². The van der Waals surface area contributed by atoms with Gasteiger partial charge in [0.1, 0.15) is 0 Å². The van der Waals surface area contributed by atoms with Gasteiger partial charge >= 0.3 is 6.03 Å². The summed E-state index contributed by atoms with van der Waals surface area (Å²) in [5.41, 5.74) is 3.61. The summed E-state index contributed by atoms with van der Waals surface area (Å²) in [6.07, 6.45) is 3.46. The number of ether oxygens (including phenoxy) is 1. The number of rotatable bonds is 4. The largest absolute Gasteiger partial charge is 0.481 e. The predicted molar refractivity (Wildman–Crippen MR) is 83.8 cm³/mol. The van der Waals surface area contributed by atoms with Gasteiger partial charge in [0.15, 0.2) is 0 Å². The highest BCUT2D eigenvalue weighted by Gasteiger charge is 2.22. The Bertz CT molecular complexity index is 647. The number of hydrogen-bond acceptors (Lipinski definition) is 3. The molecule has 5 nitrogen and oxygen atoms in total. The molecule has 1 heterocycles. The average Bonchev–Trinajstić information content (AvgIpc) is 2.95. The number of amides is 2. The van der Waals surface area contributed by atoms with Crippen molar-refractivity contribution in [3.63, 3.8) is 0 Å². The number of carbonyl (C=O) groups is 1. The van der Waals surface area contributed by atoms with Gasteiger partial charge in [-0.25, -0.2) is 9.78 Å². The lowest BCUT2D eigenvalue weighted by atomic mass is 10.1. The second-order valence-corrected chi connectivity index (χ2v) is 5.41. The van der Waals surface area contributed by atoms with Gasteiger partial charge in [0.2, 0.25) is 5.88 Å². The Balaban J connectivity index is 1.49. The molecule has 3 rings (SSSR count). The van der Waals surface area contributed by atoms with Gasteiger partial charge in [-0.2, -0.15) is 0 Å². The van der Waals surface area contributed by atoms with Crippen molar-refractivity contribution in [1.29, 1.82) is 0 Å². The molecule has 0 bridgehead atoms. The van der Waals surface area contributed by atoms with Gasteiger partial charge in [-0.05, 0) is 35.6 Å². The molecule has 2 amide bonds. The summed E-state index contributed by atoms with van der Waals surface area (Å²) < 4.78 is 5.07. The van der Waals surface area contributed by atoms with Gasteiger partial charge in [-0.15, -0.1) is 0 Å². The number of pyridine rings is 1. The first-order chi connectivity index (χ1) is 10.7. The van der Waals surface area contributed by atoms with Crippen molar-refractivity contribution in [1.82, 2.24) is 15.6 Å². The summed E-state index contributed by atoms with van der Waals surface area (Å²) in [6.45, 7) is 0.449. The molecule has 2 aromatic rings. The van der Waals surface area contributed by atoms with Crippen LogP contribution >= 0.6 is 0 Å². The Kier molecular flexibility index (Phi) is 4.23. The fraction of sp³-hybridized carbons (Fsp3) is 0.294. The summed E-state index contributed by atoms with van der Waals surface area (Å²) in [4.78, 5) is 16.0. The number of aromatic nitrogens is 1. The van der Waals surface area contributed by atoms with Crippen LogP contribution < -0.4 is 15.4 Å². The lowest BCUT2D eigenvalue weighted by molar-refractivity contribution is 0.237. The molecule has 114 valence electrons. The molecule has 1 aromatic carbocycles. The zero-order valence-corrected chi connectivity index (χ0v) is 12.5. The topological polar surface area (TPSA) is 63.2 Å². The summed E-state index contributed by atoms with van der Waals surface area (Å²) >= 11 is 0. The van der Waals surface area contributed by atoms with E-state index in [-0.39, 0.29) is 12.1 Å². The van der Waals surface area contributed by atoms with Gasteiger partial charge in [0.25, 0.3) is 0 Å².